The third-order valence-electron chi connectivity index (χ3n) is 3.31. The van der Waals surface area contributed by atoms with Crippen LogP contribution in [0.1, 0.15) is 27.2 Å². The molecule has 0 aliphatic rings. The van der Waals surface area contributed by atoms with Crippen LogP contribution in [0.25, 0.3) is 0 Å². The summed E-state index contributed by atoms with van der Waals surface area (Å²) in [6, 6.07) is 7.19. The van der Waals surface area contributed by atoms with Gasteiger partial charge in [0, 0.05) is 6.54 Å². The maximum absolute atomic E-state index is 11.9. The number of methoxy groups -OCH3 is 1. The van der Waals surface area contributed by atoms with Gasteiger partial charge in [-0.1, -0.05) is 6.07 Å². The third-order valence-corrected chi connectivity index (χ3v) is 3.73. The lowest BCUT2D eigenvalue weighted by molar-refractivity contribution is 0.0922. The van der Waals surface area contributed by atoms with E-state index in [2.05, 4.69) is 21.2 Å². The fourth-order valence-electron chi connectivity index (χ4n) is 1.96. The average molecular weight is 338 g/mol. The Balaban J connectivity index is 2.08. The number of rotatable bonds is 4. The van der Waals surface area contributed by atoms with Crippen molar-refractivity contribution in [3.8, 4) is 5.75 Å². The van der Waals surface area contributed by atoms with Crippen LogP contribution in [0.5, 0.6) is 5.75 Å². The Morgan fingerprint density at radius 2 is 2.00 bits per heavy atom. The quantitative estimate of drug-likeness (QED) is 0.927. The van der Waals surface area contributed by atoms with Crippen LogP contribution in [0.3, 0.4) is 0 Å². The van der Waals surface area contributed by atoms with Crippen molar-refractivity contribution in [1.29, 1.82) is 0 Å². The second kappa shape index (κ2) is 6.13. The van der Waals surface area contributed by atoms with E-state index in [1.807, 2.05) is 26.0 Å². The van der Waals surface area contributed by atoms with Gasteiger partial charge in [-0.3, -0.25) is 4.79 Å². The van der Waals surface area contributed by atoms with Crippen LogP contribution in [0, 0.1) is 13.8 Å². The molecule has 4 nitrogen and oxygen atoms in total. The van der Waals surface area contributed by atoms with E-state index in [4.69, 9.17) is 9.15 Å². The summed E-state index contributed by atoms with van der Waals surface area (Å²) in [5.74, 6) is 0.913. The zero-order chi connectivity index (χ0) is 14.7. The van der Waals surface area contributed by atoms with Gasteiger partial charge < -0.3 is 14.5 Å². The van der Waals surface area contributed by atoms with Gasteiger partial charge >= 0.3 is 0 Å². The minimum atomic E-state index is -0.233. The molecule has 0 bridgehead atoms. The van der Waals surface area contributed by atoms with Crippen LogP contribution in [0.4, 0.5) is 0 Å². The smallest absolute Gasteiger partial charge is 0.287 e. The molecule has 1 aromatic heterocycles. The first kappa shape index (κ1) is 14.7. The average Bonchev–Trinajstić information content (AvgIpc) is 2.87. The predicted octanol–water partition coefficient (Wildman–Crippen LogP) is 3.60. The Morgan fingerprint density at radius 1 is 1.25 bits per heavy atom. The van der Waals surface area contributed by atoms with Crippen molar-refractivity contribution in [3.05, 3.63) is 51.4 Å². The molecule has 1 aromatic carbocycles. The summed E-state index contributed by atoms with van der Waals surface area (Å²) in [7, 11) is 1.65. The number of carbonyl (C=O) groups excluding carboxylic acids is 1. The zero-order valence-corrected chi connectivity index (χ0v) is 13.2. The number of hydrogen-bond donors (Lipinski definition) is 1. The van der Waals surface area contributed by atoms with Gasteiger partial charge in [-0.25, -0.2) is 0 Å². The van der Waals surface area contributed by atoms with E-state index >= 15 is 0 Å². The molecule has 1 heterocycles. The normalized spacial score (nSPS) is 10.4. The molecule has 1 amide bonds. The Kier molecular flexibility index (Phi) is 4.49. The van der Waals surface area contributed by atoms with Crippen molar-refractivity contribution < 1.29 is 13.9 Å². The molecule has 0 spiro atoms. The molecule has 2 aromatic rings. The van der Waals surface area contributed by atoms with E-state index in [0.29, 0.717) is 17.0 Å². The first-order valence-corrected chi connectivity index (χ1v) is 6.99. The van der Waals surface area contributed by atoms with E-state index in [-0.39, 0.29) is 5.91 Å². The molecule has 0 fully saturated rings. The van der Waals surface area contributed by atoms with Crippen LogP contribution in [-0.2, 0) is 6.54 Å². The number of ether oxygens (including phenoxy) is 1. The molecule has 0 saturated carbocycles. The van der Waals surface area contributed by atoms with Gasteiger partial charge in [0.2, 0.25) is 0 Å². The van der Waals surface area contributed by atoms with Crippen molar-refractivity contribution in [2.24, 2.45) is 0 Å². The summed E-state index contributed by atoms with van der Waals surface area (Å²) in [6.07, 6.45) is 0. The Labute approximate surface area is 126 Å². The lowest BCUT2D eigenvalue weighted by Gasteiger charge is -2.12. The molecule has 0 aliphatic heterocycles. The Hall–Kier alpha value is -1.75. The highest BCUT2D eigenvalue weighted by Gasteiger charge is 2.12. The topological polar surface area (TPSA) is 51.5 Å². The largest absolute Gasteiger partial charge is 0.496 e. The molecule has 0 aliphatic carbocycles. The van der Waals surface area contributed by atoms with Gasteiger partial charge in [0.05, 0.1) is 7.11 Å². The molecule has 0 radical (unpaired) electrons. The second-order valence-electron chi connectivity index (χ2n) is 4.46. The van der Waals surface area contributed by atoms with Crippen molar-refractivity contribution >= 4 is 21.8 Å². The standard InChI is InChI=1S/C15H16BrNO3/c1-9-10(2)12(19-3)5-4-11(9)8-17-15(18)13-6-7-14(16)20-13/h4-7H,8H2,1-3H3,(H,17,18). The molecule has 2 rings (SSSR count). The second-order valence-corrected chi connectivity index (χ2v) is 5.24. The van der Waals surface area contributed by atoms with Crippen molar-refractivity contribution in [3.63, 3.8) is 0 Å². The minimum absolute atomic E-state index is 0.233. The van der Waals surface area contributed by atoms with Crippen LogP contribution in [0.15, 0.2) is 33.4 Å². The highest BCUT2D eigenvalue weighted by atomic mass is 79.9. The fourth-order valence-corrected chi connectivity index (χ4v) is 2.27. The summed E-state index contributed by atoms with van der Waals surface area (Å²) in [5, 5.41) is 2.84. The number of hydrogen-bond acceptors (Lipinski definition) is 3. The van der Waals surface area contributed by atoms with E-state index in [9.17, 15) is 4.79 Å². The molecule has 1 N–H and O–H groups in total. The molecule has 0 saturated heterocycles. The number of halogens is 1. The van der Waals surface area contributed by atoms with Gasteiger partial charge in [-0.05, 0) is 64.7 Å². The molecular weight excluding hydrogens is 322 g/mol. The number of furan rings is 1. The first-order chi connectivity index (χ1) is 9.52. The first-order valence-electron chi connectivity index (χ1n) is 6.19. The summed E-state index contributed by atoms with van der Waals surface area (Å²) in [4.78, 5) is 11.9. The highest BCUT2D eigenvalue weighted by molar-refractivity contribution is 9.10. The van der Waals surface area contributed by atoms with Crippen molar-refractivity contribution in [2.75, 3.05) is 7.11 Å². The molecular formula is C15H16BrNO3. The van der Waals surface area contributed by atoms with Gasteiger partial charge in [0.15, 0.2) is 10.4 Å². The Bertz CT molecular complexity index is 634. The maximum Gasteiger partial charge on any atom is 0.287 e. The third kappa shape index (κ3) is 3.04. The van der Waals surface area contributed by atoms with Gasteiger partial charge in [-0.15, -0.1) is 0 Å². The van der Waals surface area contributed by atoms with Gasteiger partial charge in [0.25, 0.3) is 5.91 Å². The van der Waals surface area contributed by atoms with Gasteiger partial charge in [0.1, 0.15) is 5.75 Å². The van der Waals surface area contributed by atoms with Crippen LogP contribution in [-0.4, -0.2) is 13.0 Å². The van der Waals surface area contributed by atoms with Crippen LogP contribution in [0.2, 0.25) is 0 Å². The summed E-state index contributed by atoms with van der Waals surface area (Å²) in [5.41, 5.74) is 3.26. The predicted molar refractivity (Wildman–Crippen MR) is 80.0 cm³/mol. The van der Waals surface area contributed by atoms with Gasteiger partial charge in [-0.2, -0.15) is 0 Å². The monoisotopic (exact) mass is 337 g/mol. The molecule has 0 unspecified atom stereocenters. The van der Waals surface area contributed by atoms with E-state index in [1.165, 1.54) is 0 Å². The zero-order valence-electron chi connectivity index (χ0n) is 11.6. The lowest BCUT2D eigenvalue weighted by Crippen LogP contribution is -2.22. The van der Waals surface area contributed by atoms with E-state index in [0.717, 1.165) is 22.4 Å². The number of amides is 1. The number of benzene rings is 1. The fraction of sp³-hybridized carbons (Fsp3) is 0.267. The summed E-state index contributed by atoms with van der Waals surface area (Å²) in [6.45, 7) is 4.47. The van der Waals surface area contributed by atoms with Crippen molar-refractivity contribution in [2.45, 2.75) is 20.4 Å². The number of nitrogens with one attached hydrogen (secondary N) is 1. The van der Waals surface area contributed by atoms with E-state index in [1.54, 1.807) is 19.2 Å². The Morgan fingerprint density at radius 3 is 2.60 bits per heavy atom. The highest BCUT2D eigenvalue weighted by Crippen LogP contribution is 2.24. The van der Waals surface area contributed by atoms with Crippen LogP contribution < -0.4 is 10.1 Å². The molecule has 20 heavy (non-hydrogen) atoms. The molecule has 0 atom stereocenters. The van der Waals surface area contributed by atoms with Crippen LogP contribution >= 0.6 is 15.9 Å². The molecule has 5 heteroatoms. The lowest BCUT2D eigenvalue weighted by atomic mass is 10.0. The summed E-state index contributed by atoms with van der Waals surface area (Å²) < 4.78 is 11.0. The SMILES string of the molecule is COc1ccc(CNC(=O)c2ccc(Br)o2)c(C)c1C. The maximum atomic E-state index is 11.9. The molecule has 106 valence electrons. The van der Waals surface area contributed by atoms with E-state index < -0.39 is 0 Å². The van der Waals surface area contributed by atoms with Crippen molar-refractivity contribution in [1.82, 2.24) is 5.32 Å². The summed E-state index contributed by atoms with van der Waals surface area (Å²) >= 11 is 3.17. The minimum Gasteiger partial charge on any atom is -0.496 e. The number of carbonyl (C=O) groups is 1.